The predicted molar refractivity (Wildman–Crippen MR) is 91.4 cm³/mol. The van der Waals surface area contributed by atoms with Gasteiger partial charge in [-0.05, 0) is 43.7 Å². The summed E-state index contributed by atoms with van der Waals surface area (Å²) in [7, 11) is 0. The highest BCUT2D eigenvalue weighted by Crippen LogP contribution is 2.41. The number of hydrogen-bond acceptors (Lipinski definition) is 4. The minimum Gasteiger partial charge on any atom is -0.478 e. The fourth-order valence-corrected chi connectivity index (χ4v) is 3.01. The maximum atomic E-state index is 12.9. The van der Waals surface area contributed by atoms with Gasteiger partial charge in [-0.3, -0.25) is 4.79 Å². The summed E-state index contributed by atoms with van der Waals surface area (Å²) in [4.78, 5) is 17.0. The van der Waals surface area contributed by atoms with E-state index in [1.807, 2.05) is 24.3 Å². The fourth-order valence-electron chi connectivity index (χ4n) is 2.82. The number of aromatic nitrogens is 3. The molecule has 3 heterocycles. The molecule has 0 fully saturated rings. The molecule has 0 unspecified atom stereocenters. The van der Waals surface area contributed by atoms with Crippen LogP contribution in [0.1, 0.15) is 25.0 Å². The lowest BCUT2D eigenvalue weighted by atomic mass is 9.93. The molecule has 1 aromatic carbocycles. The number of pyridine rings is 1. The van der Waals surface area contributed by atoms with E-state index in [9.17, 15) is 4.79 Å². The van der Waals surface area contributed by atoms with Crippen molar-refractivity contribution in [3.8, 4) is 0 Å². The van der Waals surface area contributed by atoms with Gasteiger partial charge in [0.1, 0.15) is 12.1 Å². The van der Waals surface area contributed by atoms with Crippen LogP contribution in [0.2, 0.25) is 5.02 Å². The predicted octanol–water partition coefficient (Wildman–Crippen LogP) is 3.63. The molecule has 2 aromatic heterocycles. The molecule has 24 heavy (non-hydrogen) atoms. The van der Waals surface area contributed by atoms with E-state index < -0.39 is 5.60 Å². The van der Waals surface area contributed by atoms with Crippen molar-refractivity contribution in [3.05, 3.63) is 65.1 Å². The lowest BCUT2D eigenvalue weighted by Gasteiger charge is -2.17. The Labute approximate surface area is 143 Å². The molecule has 0 atom stereocenters. The van der Waals surface area contributed by atoms with Crippen molar-refractivity contribution >= 4 is 34.4 Å². The summed E-state index contributed by atoms with van der Waals surface area (Å²) < 4.78 is 7.65. The third kappa shape index (κ3) is 2.29. The zero-order valence-electron chi connectivity index (χ0n) is 13.2. The summed E-state index contributed by atoms with van der Waals surface area (Å²) in [5.41, 5.74) is 1.84. The van der Waals surface area contributed by atoms with Gasteiger partial charge in [-0.1, -0.05) is 23.7 Å². The number of ketones is 1. The van der Waals surface area contributed by atoms with Crippen molar-refractivity contribution < 1.29 is 9.53 Å². The van der Waals surface area contributed by atoms with E-state index in [-0.39, 0.29) is 5.78 Å². The Morgan fingerprint density at radius 1 is 1.17 bits per heavy atom. The highest BCUT2D eigenvalue weighted by molar-refractivity contribution is 6.34. The number of benzene rings is 1. The molecular weight excluding hydrogens is 326 g/mol. The highest BCUT2D eigenvalue weighted by Gasteiger charge is 2.42. The van der Waals surface area contributed by atoms with E-state index in [0.717, 1.165) is 16.8 Å². The summed E-state index contributed by atoms with van der Waals surface area (Å²) in [5.74, 6) is 0.461. The van der Waals surface area contributed by atoms with Crippen LogP contribution in [-0.4, -0.2) is 26.0 Å². The Kier molecular flexibility index (Phi) is 3.21. The number of carbonyl (C=O) groups excluding carboxylic acids is 1. The van der Waals surface area contributed by atoms with Crippen LogP contribution in [0, 0.1) is 0 Å². The van der Waals surface area contributed by atoms with Crippen LogP contribution in [0.15, 0.2) is 48.9 Å². The molecular formula is C18H14ClN3O2. The van der Waals surface area contributed by atoms with Crippen LogP contribution in [-0.2, 0) is 9.53 Å². The topological polar surface area (TPSA) is 56.5 Å². The zero-order chi connectivity index (χ0) is 16.9. The van der Waals surface area contributed by atoms with Gasteiger partial charge in [-0.15, -0.1) is 0 Å². The molecule has 1 aliphatic rings. The fraction of sp³-hybridized carbons (Fsp3) is 0.167. The van der Waals surface area contributed by atoms with Crippen LogP contribution in [0.4, 0.5) is 0 Å². The van der Waals surface area contributed by atoms with Crippen molar-refractivity contribution in [1.29, 1.82) is 0 Å². The molecule has 0 saturated heterocycles. The SMILES string of the molecule is CC1(C)OC(c2ccc3ncnn3c2)=C(c2cccc(Cl)c2)C1=O. The van der Waals surface area contributed by atoms with Crippen LogP contribution < -0.4 is 0 Å². The average molecular weight is 340 g/mol. The van der Waals surface area contributed by atoms with E-state index in [1.165, 1.54) is 6.33 Å². The number of hydrogen-bond donors (Lipinski definition) is 0. The maximum absolute atomic E-state index is 12.9. The molecule has 0 radical (unpaired) electrons. The normalized spacial score (nSPS) is 16.7. The summed E-state index contributed by atoms with van der Waals surface area (Å²) in [6, 6.07) is 10.9. The second-order valence-electron chi connectivity index (χ2n) is 6.14. The lowest BCUT2D eigenvalue weighted by Crippen LogP contribution is -2.29. The average Bonchev–Trinajstić information content (AvgIpc) is 3.09. The van der Waals surface area contributed by atoms with Crippen molar-refractivity contribution in [2.24, 2.45) is 0 Å². The van der Waals surface area contributed by atoms with E-state index in [2.05, 4.69) is 10.1 Å². The second kappa shape index (κ2) is 5.18. The Bertz CT molecular complexity index is 1000. The van der Waals surface area contributed by atoms with Gasteiger partial charge in [-0.25, -0.2) is 9.50 Å². The summed E-state index contributed by atoms with van der Waals surface area (Å²) >= 11 is 6.10. The molecule has 0 bridgehead atoms. The number of Topliss-reactive ketones (excluding diaryl/α,β-unsaturated/α-hetero) is 1. The summed E-state index contributed by atoms with van der Waals surface area (Å²) in [6.45, 7) is 3.53. The van der Waals surface area contributed by atoms with Crippen LogP contribution >= 0.6 is 11.6 Å². The van der Waals surface area contributed by atoms with Gasteiger partial charge in [0, 0.05) is 16.8 Å². The largest absolute Gasteiger partial charge is 0.478 e. The Morgan fingerprint density at radius 2 is 2.00 bits per heavy atom. The van der Waals surface area contributed by atoms with Crippen LogP contribution in [0.3, 0.4) is 0 Å². The monoisotopic (exact) mass is 339 g/mol. The third-order valence-corrected chi connectivity index (χ3v) is 4.24. The van der Waals surface area contributed by atoms with E-state index in [1.54, 1.807) is 36.7 Å². The Morgan fingerprint density at radius 3 is 2.79 bits per heavy atom. The number of rotatable bonds is 2. The third-order valence-electron chi connectivity index (χ3n) is 4.01. The van der Waals surface area contributed by atoms with Crippen LogP contribution in [0.5, 0.6) is 0 Å². The molecule has 0 N–H and O–H groups in total. The van der Waals surface area contributed by atoms with Crippen molar-refractivity contribution in [2.45, 2.75) is 19.4 Å². The van der Waals surface area contributed by atoms with Gasteiger partial charge in [0.15, 0.2) is 11.2 Å². The molecule has 3 aromatic rings. The molecule has 1 aliphatic heterocycles. The number of halogens is 1. The highest BCUT2D eigenvalue weighted by atomic mass is 35.5. The first-order chi connectivity index (χ1) is 11.5. The van der Waals surface area contributed by atoms with Gasteiger partial charge in [0.25, 0.3) is 0 Å². The van der Waals surface area contributed by atoms with Gasteiger partial charge >= 0.3 is 0 Å². The molecule has 4 rings (SSSR count). The van der Waals surface area contributed by atoms with Gasteiger partial charge in [0.2, 0.25) is 5.78 Å². The van der Waals surface area contributed by atoms with Crippen LogP contribution in [0.25, 0.3) is 17.0 Å². The number of ether oxygens (including phenoxy) is 1. The molecule has 5 nitrogen and oxygen atoms in total. The minimum atomic E-state index is -0.926. The number of carbonyl (C=O) groups is 1. The number of nitrogens with zero attached hydrogens (tertiary/aromatic N) is 3. The van der Waals surface area contributed by atoms with E-state index in [4.69, 9.17) is 16.3 Å². The molecule has 120 valence electrons. The van der Waals surface area contributed by atoms with Gasteiger partial charge in [0.05, 0.1) is 5.57 Å². The van der Waals surface area contributed by atoms with Crippen molar-refractivity contribution in [3.63, 3.8) is 0 Å². The van der Waals surface area contributed by atoms with E-state index in [0.29, 0.717) is 16.4 Å². The molecule has 0 saturated carbocycles. The molecule has 0 amide bonds. The van der Waals surface area contributed by atoms with Crippen molar-refractivity contribution in [1.82, 2.24) is 14.6 Å². The van der Waals surface area contributed by atoms with Crippen molar-refractivity contribution in [2.75, 3.05) is 0 Å². The summed E-state index contributed by atoms with van der Waals surface area (Å²) in [5, 5.41) is 4.71. The first-order valence-electron chi connectivity index (χ1n) is 7.49. The molecule has 0 spiro atoms. The van der Waals surface area contributed by atoms with Gasteiger partial charge < -0.3 is 4.74 Å². The smallest absolute Gasteiger partial charge is 0.210 e. The first-order valence-corrected chi connectivity index (χ1v) is 7.87. The second-order valence-corrected chi connectivity index (χ2v) is 6.57. The Balaban J connectivity index is 1.95. The zero-order valence-corrected chi connectivity index (χ0v) is 13.9. The van der Waals surface area contributed by atoms with Gasteiger partial charge in [-0.2, -0.15) is 5.10 Å². The summed E-state index contributed by atoms with van der Waals surface area (Å²) in [6.07, 6.45) is 3.28. The molecule has 0 aliphatic carbocycles. The quantitative estimate of drug-likeness (QED) is 0.715. The minimum absolute atomic E-state index is 0.0709. The molecule has 6 heteroatoms. The number of fused-ring (bicyclic) bond motifs is 1. The standard InChI is InChI=1S/C18H14ClN3O2/c1-18(2)17(23)15(11-4-3-5-13(19)8-11)16(24-18)12-6-7-14-20-10-21-22(14)9-12/h3-10H,1-2H3. The Hall–Kier alpha value is -2.66. The first kappa shape index (κ1) is 14.9. The lowest BCUT2D eigenvalue weighted by molar-refractivity contribution is -0.125. The van der Waals surface area contributed by atoms with E-state index >= 15 is 0 Å². The maximum Gasteiger partial charge on any atom is 0.210 e.